The van der Waals surface area contributed by atoms with E-state index >= 15 is 0 Å². The highest BCUT2D eigenvalue weighted by Crippen LogP contribution is 2.36. The quantitative estimate of drug-likeness (QED) is 0.0727. The smallest absolute Gasteiger partial charge is 0.288 e. The molecule has 62 heavy (non-hydrogen) atoms. The summed E-state index contributed by atoms with van der Waals surface area (Å²) in [5, 5.41) is 130. The van der Waals surface area contributed by atoms with Gasteiger partial charge in [-0.1, -0.05) is 26.0 Å². The highest BCUT2D eigenvalue weighted by Gasteiger charge is 2.56. The molecule has 352 valence electrons. The molecule has 21 atom stereocenters. The maximum atomic E-state index is 12.2. The van der Waals surface area contributed by atoms with Gasteiger partial charge in [-0.2, -0.15) is 0 Å². The molecule has 13 N–H and O–H groups in total. The largest absolute Gasteiger partial charge is 0.462 e. The normalized spacial score (nSPS) is 44.9. The van der Waals surface area contributed by atoms with Gasteiger partial charge in [-0.3, -0.25) is 9.59 Å². The first-order valence-corrected chi connectivity index (χ1v) is 20.0. The number of carbonyl (C=O) groups excluding carboxylic acids is 2. The predicted molar refractivity (Wildman–Crippen MR) is 198 cm³/mol. The Labute approximate surface area is 354 Å². The Hall–Kier alpha value is -2.64. The Bertz CT molecular complexity index is 1630. The Morgan fingerprint density at radius 1 is 0.548 bits per heavy atom. The summed E-state index contributed by atoms with van der Waals surface area (Å²) < 4.78 is 50.4. The Morgan fingerprint density at radius 2 is 0.903 bits per heavy atom. The second-order valence-electron chi connectivity index (χ2n) is 16.4. The number of aliphatic hydroxyl groups excluding tert-OH is 12. The number of carbonyl (C=O) groups is 2. The second kappa shape index (κ2) is 20.3. The van der Waals surface area contributed by atoms with Crippen LogP contribution in [0.4, 0.5) is 0 Å². The molecule has 5 fully saturated rings. The van der Waals surface area contributed by atoms with Gasteiger partial charge < -0.3 is 109 Å². The molecule has 5 heterocycles. The third kappa shape index (κ3) is 9.66. The zero-order valence-corrected chi connectivity index (χ0v) is 33.8. The summed E-state index contributed by atoms with van der Waals surface area (Å²) in [5.41, 5.74) is -0.162. The summed E-state index contributed by atoms with van der Waals surface area (Å²) in [5.74, 6) is -0.983. The van der Waals surface area contributed by atoms with Crippen LogP contribution >= 0.6 is 0 Å². The summed E-state index contributed by atoms with van der Waals surface area (Å²) in [4.78, 5) is 24.1. The SMILES string of the molecule is COC1C(CO)OC(OC2C(CO)OC(OC3C(CO)OC(OC4C(CO)OC(Oc5ccc(CC6NC(=O)C(=O)C6(C)C)cc5)C(O)C4O)C(O)C3O)C(O)C2O)C(O)C1O. The van der Waals surface area contributed by atoms with Crippen LogP contribution in [0.1, 0.15) is 19.4 Å². The highest BCUT2D eigenvalue weighted by atomic mass is 16.8. The summed E-state index contributed by atoms with van der Waals surface area (Å²) >= 11 is 0. The monoisotopic (exact) mass is 895 g/mol. The highest BCUT2D eigenvalue weighted by molar-refractivity contribution is 6.40. The predicted octanol–water partition coefficient (Wildman–Crippen LogP) is -7.37. The average molecular weight is 896 g/mol. The molecule has 0 saturated carbocycles. The van der Waals surface area contributed by atoms with Gasteiger partial charge in [0.2, 0.25) is 12.1 Å². The van der Waals surface area contributed by atoms with Crippen molar-refractivity contribution in [1.29, 1.82) is 0 Å². The zero-order valence-electron chi connectivity index (χ0n) is 33.8. The fourth-order valence-corrected chi connectivity index (χ4v) is 8.14. The third-order valence-electron chi connectivity index (χ3n) is 12.0. The molecule has 21 unspecified atom stereocenters. The Balaban J connectivity index is 1.05. The van der Waals surface area contributed by atoms with E-state index in [1.807, 2.05) is 0 Å². The molecule has 1 amide bonds. The number of benzene rings is 1. The molecule has 0 aromatic heterocycles. The van der Waals surface area contributed by atoms with Crippen molar-refractivity contribution in [2.45, 2.75) is 149 Å². The summed E-state index contributed by atoms with van der Waals surface area (Å²) in [6, 6.07) is 5.96. The number of methoxy groups -OCH3 is 1. The van der Waals surface area contributed by atoms with Crippen LogP contribution in [0, 0.1) is 5.41 Å². The van der Waals surface area contributed by atoms with E-state index in [4.69, 9.17) is 42.6 Å². The minimum absolute atomic E-state index is 0.180. The molecule has 0 aliphatic carbocycles. The van der Waals surface area contributed by atoms with E-state index in [0.717, 1.165) is 5.56 Å². The molecule has 6 rings (SSSR count). The van der Waals surface area contributed by atoms with Crippen molar-refractivity contribution in [1.82, 2.24) is 5.32 Å². The Kier molecular flexibility index (Phi) is 15.9. The molecule has 5 aliphatic heterocycles. The van der Waals surface area contributed by atoms with Crippen LogP contribution in [0.3, 0.4) is 0 Å². The van der Waals surface area contributed by atoms with Gasteiger partial charge in [-0.25, -0.2) is 0 Å². The fraction of sp³-hybridized carbons (Fsp3) is 0.789. The minimum atomic E-state index is -2.04. The first-order valence-electron chi connectivity index (χ1n) is 20.0. The molecule has 0 bridgehead atoms. The lowest BCUT2D eigenvalue weighted by Crippen LogP contribution is -2.67. The standard InChI is InChI=1S/C38H57NO23/c1-38(2)19(39-33(53)32(38)52)8-13-4-6-14(7-5-13)55-34-25(49)21(45)29(16(10-41)57-34)61-36-27(51)23(47)31(18(12-43)59-36)62-37-26(50)22(46)30(17(11-42)58-37)60-35-24(48)20(44)28(54-3)15(9-40)56-35/h4-7,15-31,34-37,40-51H,8-12H2,1-3H3,(H,39,53). The van der Waals surface area contributed by atoms with Crippen molar-refractivity contribution < 1.29 is 113 Å². The molecule has 1 aromatic carbocycles. The number of hydrogen-bond acceptors (Lipinski definition) is 23. The fourth-order valence-electron chi connectivity index (χ4n) is 8.14. The number of rotatable bonds is 15. The van der Waals surface area contributed by atoms with Crippen LogP contribution in [0.15, 0.2) is 24.3 Å². The van der Waals surface area contributed by atoms with Gasteiger partial charge in [0.25, 0.3) is 5.91 Å². The molecule has 0 spiro atoms. The van der Waals surface area contributed by atoms with Gasteiger partial charge >= 0.3 is 0 Å². The van der Waals surface area contributed by atoms with Crippen LogP contribution in [-0.2, 0) is 53.9 Å². The van der Waals surface area contributed by atoms with Crippen molar-refractivity contribution in [2.24, 2.45) is 5.41 Å². The van der Waals surface area contributed by atoms with Crippen molar-refractivity contribution in [3.8, 4) is 5.75 Å². The van der Waals surface area contributed by atoms with Crippen molar-refractivity contribution >= 4 is 11.7 Å². The van der Waals surface area contributed by atoms with Gasteiger partial charge in [0.15, 0.2) is 18.9 Å². The van der Waals surface area contributed by atoms with Gasteiger partial charge in [0.1, 0.15) is 103 Å². The number of ether oxygens (including phenoxy) is 9. The molecule has 5 aliphatic rings. The van der Waals surface area contributed by atoms with E-state index in [0.29, 0.717) is 6.42 Å². The number of nitrogens with one attached hydrogen (secondary N) is 1. The number of Topliss-reactive ketones (excluding diaryl/α,β-unsaturated/α-hetero) is 1. The van der Waals surface area contributed by atoms with Crippen LogP contribution in [0.25, 0.3) is 0 Å². The molecule has 0 radical (unpaired) electrons. The first-order chi connectivity index (χ1) is 29.4. The average Bonchev–Trinajstić information content (AvgIpc) is 3.45. The van der Waals surface area contributed by atoms with Crippen LogP contribution in [-0.4, -0.2) is 235 Å². The minimum Gasteiger partial charge on any atom is -0.462 e. The van der Waals surface area contributed by atoms with E-state index in [2.05, 4.69) is 5.32 Å². The number of aliphatic hydroxyl groups is 12. The topological polar surface area (TPSA) is 372 Å². The summed E-state index contributed by atoms with van der Waals surface area (Å²) in [7, 11) is 1.21. The maximum absolute atomic E-state index is 12.2. The number of ketones is 1. The summed E-state index contributed by atoms with van der Waals surface area (Å²) in [6.45, 7) is 0.0723. The van der Waals surface area contributed by atoms with Crippen molar-refractivity contribution in [3.05, 3.63) is 29.8 Å². The molecular weight excluding hydrogens is 838 g/mol. The van der Waals surface area contributed by atoms with E-state index < -0.39 is 172 Å². The molecule has 24 nitrogen and oxygen atoms in total. The lowest BCUT2D eigenvalue weighted by molar-refractivity contribution is -0.387. The van der Waals surface area contributed by atoms with Crippen LogP contribution in [0.5, 0.6) is 5.75 Å². The van der Waals surface area contributed by atoms with E-state index in [1.165, 1.54) is 19.2 Å². The maximum Gasteiger partial charge on any atom is 0.288 e. The lowest BCUT2D eigenvalue weighted by Gasteiger charge is -2.49. The summed E-state index contributed by atoms with van der Waals surface area (Å²) in [6.07, 6.45) is -33.7. The van der Waals surface area contributed by atoms with Crippen LogP contribution in [0.2, 0.25) is 0 Å². The van der Waals surface area contributed by atoms with Crippen molar-refractivity contribution in [3.63, 3.8) is 0 Å². The molecule has 1 aromatic rings. The van der Waals surface area contributed by atoms with E-state index in [-0.39, 0.29) is 5.75 Å². The first kappa shape index (κ1) is 48.8. The van der Waals surface area contributed by atoms with Gasteiger partial charge in [0, 0.05) is 13.2 Å². The molecular formula is C38H57NO23. The van der Waals surface area contributed by atoms with Gasteiger partial charge in [-0.05, 0) is 24.1 Å². The third-order valence-corrected chi connectivity index (χ3v) is 12.0. The van der Waals surface area contributed by atoms with Crippen molar-refractivity contribution in [2.75, 3.05) is 33.5 Å². The second-order valence-corrected chi connectivity index (χ2v) is 16.4. The lowest BCUT2D eigenvalue weighted by atomic mass is 9.81. The molecule has 5 saturated heterocycles. The van der Waals surface area contributed by atoms with Gasteiger partial charge in [-0.15, -0.1) is 0 Å². The van der Waals surface area contributed by atoms with E-state index in [9.17, 15) is 70.9 Å². The molecule has 24 heteroatoms. The van der Waals surface area contributed by atoms with Crippen LogP contribution < -0.4 is 10.1 Å². The number of amides is 1. The number of hydrogen-bond donors (Lipinski definition) is 13. The Morgan fingerprint density at radius 3 is 1.26 bits per heavy atom. The van der Waals surface area contributed by atoms with Gasteiger partial charge in [0.05, 0.1) is 31.8 Å². The zero-order chi connectivity index (χ0) is 45.4. The van der Waals surface area contributed by atoms with E-state index in [1.54, 1.807) is 26.0 Å².